The summed E-state index contributed by atoms with van der Waals surface area (Å²) in [5.41, 5.74) is 0.435. The molecule has 2 N–H and O–H groups in total. The second kappa shape index (κ2) is 11.2. The highest BCUT2D eigenvalue weighted by atomic mass is 35.5. The Hall–Kier alpha value is -2.61. The molecular formula is C25H30Cl2N2O5. The number of Topliss-reactive ketones (excluding diaryl/α,β-unsaturated/α-hetero) is 1. The lowest BCUT2D eigenvalue weighted by molar-refractivity contribution is -0.164. The lowest BCUT2D eigenvalue weighted by Gasteiger charge is -2.44. The van der Waals surface area contributed by atoms with Gasteiger partial charge >= 0.3 is 5.97 Å². The Morgan fingerprint density at radius 3 is 2.44 bits per heavy atom. The van der Waals surface area contributed by atoms with Crippen molar-refractivity contribution in [3.63, 3.8) is 0 Å². The van der Waals surface area contributed by atoms with Crippen LogP contribution in [-0.2, 0) is 9.53 Å². The first-order valence-electron chi connectivity index (χ1n) is 10.8. The van der Waals surface area contributed by atoms with Crippen LogP contribution in [0.2, 0.25) is 5.02 Å². The number of nitrogens with one attached hydrogen (secondary N) is 2. The minimum atomic E-state index is -0.954. The zero-order valence-electron chi connectivity index (χ0n) is 19.8. The summed E-state index contributed by atoms with van der Waals surface area (Å²) in [6.07, 6.45) is -0.850. The predicted octanol–water partition coefficient (Wildman–Crippen LogP) is 4.52. The SMILES string of the molecule is CC(=O)c1ccc2c(c1)[C@H](NC(=O)c1cccc(Cl)c1)[C@@H](OC(=O)CNC(C)C)C(C)(C)O2.Cl. The van der Waals surface area contributed by atoms with E-state index >= 15 is 0 Å². The van der Waals surface area contributed by atoms with Gasteiger partial charge in [0.2, 0.25) is 0 Å². The molecule has 9 heteroatoms. The molecule has 0 aromatic heterocycles. The Balaban J connectivity index is 0.00000408. The number of benzene rings is 2. The van der Waals surface area contributed by atoms with Crippen molar-refractivity contribution in [1.29, 1.82) is 0 Å². The van der Waals surface area contributed by atoms with E-state index in [0.717, 1.165) is 0 Å². The molecule has 1 heterocycles. The standard InChI is InChI=1S/C25H29ClN2O5.ClH/c1-14(2)27-13-21(30)32-23-22(28-24(31)17-7-6-8-18(26)11-17)19-12-16(15(3)29)9-10-20(19)33-25(23,4)5;/h6-12,14,22-23,27H,13H2,1-5H3,(H,28,31);1H/t22-,23+;/m0./s1. The third kappa shape index (κ3) is 6.50. The number of hydrogen-bond acceptors (Lipinski definition) is 6. The first-order valence-corrected chi connectivity index (χ1v) is 11.2. The van der Waals surface area contributed by atoms with Crippen LogP contribution >= 0.6 is 24.0 Å². The molecule has 2 aromatic rings. The molecular weight excluding hydrogens is 479 g/mol. The largest absolute Gasteiger partial charge is 0.484 e. The van der Waals surface area contributed by atoms with Crippen LogP contribution in [0, 0.1) is 0 Å². The normalized spacial score (nSPS) is 18.2. The number of ether oxygens (including phenoxy) is 2. The lowest BCUT2D eigenvalue weighted by atomic mass is 9.85. The fourth-order valence-corrected chi connectivity index (χ4v) is 3.89. The zero-order valence-corrected chi connectivity index (χ0v) is 21.4. The van der Waals surface area contributed by atoms with E-state index in [4.69, 9.17) is 21.1 Å². The fraction of sp³-hybridized carbons (Fsp3) is 0.400. The van der Waals surface area contributed by atoms with Crippen LogP contribution in [0.4, 0.5) is 0 Å². The number of fused-ring (bicyclic) bond motifs is 1. The van der Waals surface area contributed by atoms with Gasteiger partial charge in [0.25, 0.3) is 5.91 Å². The molecule has 1 aliphatic rings. The van der Waals surface area contributed by atoms with E-state index in [9.17, 15) is 14.4 Å². The van der Waals surface area contributed by atoms with Gasteiger partial charge in [0.15, 0.2) is 11.9 Å². The Labute approximate surface area is 210 Å². The van der Waals surface area contributed by atoms with Crippen LogP contribution < -0.4 is 15.4 Å². The number of amides is 1. The maximum atomic E-state index is 13.1. The number of esters is 1. The van der Waals surface area contributed by atoms with E-state index in [1.165, 1.54) is 6.92 Å². The average Bonchev–Trinajstić information content (AvgIpc) is 2.73. The van der Waals surface area contributed by atoms with E-state index in [0.29, 0.717) is 27.5 Å². The maximum absolute atomic E-state index is 13.1. The van der Waals surface area contributed by atoms with Gasteiger partial charge in [-0.1, -0.05) is 31.5 Å². The Bertz CT molecular complexity index is 1070. The Morgan fingerprint density at radius 1 is 1.12 bits per heavy atom. The van der Waals surface area contributed by atoms with Crippen molar-refractivity contribution in [1.82, 2.24) is 10.6 Å². The summed E-state index contributed by atoms with van der Waals surface area (Å²) in [5, 5.41) is 6.43. The van der Waals surface area contributed by atoms with Crippen LogP contribution in [0.5, 0.6) is 5.75 Å². The van der Waals surface area contributed by atoms with Crippen molar-refractivity contribution in [2.45, 2.75) is 58.4 Å². The van der Waals surface area contributed by atoms with E-state index in [2.05, 4.69) is 10.6 Å². The van der Waals surface area contributed by atoms with Gasteiger partial charge in [-0.15, -0.1) is 12.4 Å². The highest BCUT2D eigenvalue weighted by molar-refractivity contribution is 6.30. The molecule has 0 fully saturated rings. The van der Waals surface area contributed by atoms with E-state index in [1.807, 2.05) is 13.8 Å². The summed E-state index contributed by atoms with van der Waals surface area (Å²) in [6, 6.07) is 11.0. The van der Waals surface area contributed by atoms with Crippen molar-refractivity contribution in [2.75, 3.05) is 6.54 Å². The van der Waals surface area contributed by atoms with E-state index < -0.39 is 23.7 Å². The highest BCUT2D eigenvalue weighted by Gasteiger charge is 2.47. The summed E-state index contributed by atoms with van der Waals surface area (Å²) in [7, 11) is 0. The van der Waals surface area contributed by atoms with E-state index in [-0.39, 0.29) is 36.7 Å². The summed E-state index contributed by atoms with van der Waals surface area (Å²) in [4.78, 5) is 37.8. The number of ketones is 1. The van der Waals surface area contributed by atoms with Crippen LogP contribution in [0.25, 0.3) is 0 Å². The molecule has 1 amide bonds. The van der Waals surface area contributed by atoms with Gasteiger partial charge in [-0.25, -0.2) is 0 Å². The van der Waals surface area contributed by atoms with Gasteiger partial charge in [-0.2, -0.15) is 0 Å². The second-order valence-electron chi connectivity index (χ2n) is 8.92. The monoisotopic (exact) mass is 508 g/mol. The van der Waals surface area contributed by atoms with Gasteiger partial charge in [0.1, 0.15) is 11.4 Å². The summed E-state index contributed by atoms with van der Waals surface area (Å²) in [6.45, 7) is 8.91. The molecule has 7 nitrogen and oxygen atoms in total. The molecule has 34 heavy (non-hydrogen) atoms. The smallest absolute Gasteiger partial charge is 0.320 e. The summed E-state index contributed by atoms with van der Waals surface area (Å²) >= 11 is 6.06. The van der Waals surface area contributed by atoms with Crippen molar-refractivity contribution in [3.05, 3.63) is 64.2 Å². The fourth-order valence-electron chi connectivity index (χ4n) is 3.70. The molecule has 1 aliphatic heterocycles. The average molecular weight is 509 g/mol. The quantitative estimate of drug-likeness (QED) is 0.421. The minimum absolute atomic E-state index is 0. The summed E-state index contributed by atoms with van der Waals surface area (Å²) in [5.74, 6) is -0.481. The number of hydrogen-bond donors (Lipinski definition) is 2. The van der Waals surface area contributed by atoms with Gasteiger partial charge in [0, 0.05) is 27.8 Å². The van der Waals surface area contributed by atoms with Crippen molar-refractivity contribution < 1.29 is 23.9 Å². The highest BCUT2D eigenvalue weighted by Crippen LogP contribution is 2.42. The first kappa shape index (κ1) is 27.6. The molecule has 0 bridgehead atoms. The van der Waals surface area contributed by atoms with Crippen molar-refractivity contribution >= 4 is 41.7 Å². The van der Waals surface area contributed by atoms with Crippen molar-refractivity contribution in [2.24, 2.45) is 0 Å². The number of halogens is 2. The Kier molecular flexibility index (Phi) is 9.11. The molecule has 0 radical (unpaired) electrons. The van der Waals surface area contributed by atoms with Crippen LogP contribution in [0.3, 0.4) is 0 Å². The molecule has 0 aliphatic carbocycles. The predicted molar refractivity (Wildman–Crippen MR) is 133 cm³/mol. The van der Waals surface area contributed by atoms with Crippen LogP contribution in [0.1, 0.15) is 66.9 Å². The number of carbonyl (C=O) groups is 3. The van der Waals surface area contributed by atoms with Crippen LogP contribution in [-0.4, -0.2) is 42.0 Å². The first-order chi connectivity index (χ1) is 15.5. The topological polar surface area (TPSA) is 93.7 Å². The maximum Gasteiger partial charge on any atom is 0.320 e. The molecule has 0 saturated heterocycles. The molecule has 0 unspecified atom stereocenters. The zero-order chi connectivity index (χ0) is 24.3. The number of rotatable bonds is 7. The van der Waals surface area contributed by atoms with Gasteiger partial charge in [-0.3, -0.25) is 14.4 Å². The molecule has 2 atom stereocenters. The number of carbonyl (C=O) groups excluding carboxylic acids is 3. The van der Waals surface area contributed by atoms with E-state index in [1.54, 1.807) is 56.3 Å². The molecule has 184 valence electrons. The van der Waals surface area contributed by atoms with Crippen LogP contribution in [0.15, 0.2) is 42.5 Å². The second-order valence-corrected chi connectivity index (χ2v) is 9.36. The van der Waals surface area contributed by atoms with Gasteiger partial charge in [0.05, 0.1) is 12.6 Å². The van der Waals surface area contributed by atoms with Crippen molar-refractivity contribution in [3.8, 4) is 5.75 Å². The third-order valence-corrected chi connectivity index (χ3v) is 5.63. The molecule has 3 rings (SSSR count). The molecule has 2 aromatic carbocycles. The molecule has 0 saturated carbocycles. The van der Waals surface area contributed by atoms with Gasteiger partial charge in [-0.05, 0) is 57.2 Å². The minimum Gasteiger partial charge on any atom is -0.484 e. The Morgan fingerprint density at radius 2 is 1.82 bits per heavy atom. The lowest BCUT2D eigenvalue weighted by Crippen LogP contribution is -2.56. The third-order valence-electron chi connectivity index (χ3n) is 5.40. The molecule has 0 spiro atoms. The summed E-state index contributed by atoms with van der Waals surface area (Å²) < 4.78 is 12.0. The van der Waals surface area contributed by atoms with Gasteiger partial charge < -0.3 is 20.1 Å².